The van der Waals surface area contributed by atoms with Gasteiger partial charge in [-0.1, -0.05) is 17.7 Å². The molecule has 1 spiro atoms. The Labute approximate surface area is 269 Å². The molecule has 9 nitrogen and oxygen atoms in total. The van der Waals surface area contributed by atoms with Crippen LogP contribution in [-0.2, 0) is 37.9 Å². The Kier molecular flexibility index (Phi) is 14.2. The molecule has 3 aliphatic rings. The molecule has 11 heteroatoms. The van der Waals surface area contributed by atoms with Crippen molar-refractivity contribution in [3.8, 4) is 0 Å². The monoisotopic (exact) mass is 633 g/mol. The van der Waals surface area contributed by atoms with Crippen molar-refractivity contribution in [1.29, 1.82) is 0 Å². The summed E-state index contributed by atoms with van der Waals surface area (Å²) >= 11 is 0. The summed E-state index contributed by atoms with van der Waals surface area (Å²) in [6.07, 6.45) is 4.83. The third kappa shape index (κ3) is 10.2. The van der Waals surface area contributed by atoms with Crippen LogP contribution in [-0.4, -0.2) is 108 Å². The van der Waals surface area contributed by atoms with E-state index in [1.54, 1.807) is 0 Å². The lowest BCUT2D eigenvalue weighted by molar-refractivity contribution is -0.154. The first-order valence-electron chi connectivity index (χ1n) is 16.8. The van der Waals surface area contributed by atoms with E-state index in [0.29, 0.717) is 77.0 Å². The second-order valence-corrected chi connectivity index (χ2v) is 12.4. The van der Waals surface area contributed by atoms with Crippen LogP contribution in [0.25, 0.3) is 5.57 Å². The van der Waals surface area contributed by atoms with Crippen LogP contribution in [0.5, 0.6) is 0 Å². The van der Waals surface area contributed by atoms with Crippen LogP contribution in [0.1, 0.15) is 67.7 Å². The molecule has 0 N–H and O–H groups in total. The van der Waals surface area contributed by atoms with Gasteiger partial charge in [-0.25, -0.2) is 4.79 Å². The van der Waals surface area contributed by atoms with E-state index in [4.69, 9.17) is 33.1 Å². The summed E-state index contributed by atoms with van der Waals surface area (Å²) in [5, 5.41) is 0. The Morgan fingerprint density at radius 1 is 0.867 bits per heavy atom. The molecule has 0 atom stereocenters. The number of likely N-dealkylation sites (tertiary alicyclic amines) is 1. The molecule has 0 amide bonds. The molecule has 0 radical (unpaired) electrons. The zero-order valence-corrected chi connectivity index (χ0v) is 28.0. The molecule has 252 valence electrons. The zero-order valence-electron chi connectivity index (χ0n) is 28.0. The van der Waals surface area contributed by atoms with Gasteiger partial charge in [-0.15, -0.1) is 0 Å². The lowest BCUT2D eigenvalue weighted by Gasteiger charge is -2.40. The van der Waals surface area contributed by atoms with Crippen molar-refractivity contribution in [3.63, 3.8) is 0 Å². The largest absolute Gasteiger partial charge is 0.561 e. The smallest absolute Gasteiger partial charge is 0.533 e. The van der Waals surface area contributed by atoms with E-state index >= 15 is 0 Å². The molecule has 1 saturated carbocycles. The summed E-state index contributed by atoms with van der Waals surface area (Å²) < 4.78 is 54.6. The molecule has 1 aromatic carbocycles. The molecular weight excluding hydrogens is 580 g/mol. The minimum Gasteiger partial charge on any atom is -0.533 e. The zero-order chi connectivity index (χ0) is 32.2. The number of hydrogen-bond donors (Lipinski definition) is 0. The summed E-state index contributed by atoms with van der Waals surface area (Å²) in [7, 11) is -1.55. The molecule has 1 aliphatic carbocycles. The molecule has 2 heterocycles. The number of carbonyl (C=O) groups excluding carboxylic acids is 1. The summed E-state index contributed by atoms with van der Waals surface area (Å²) in [6, 6.07) is 4.07. The average molecular weight is 634 g/mol. The van der Waals surface area contributed by atoms with E-state index in [9.17, 15) is 9.11 Å². The average Bonchev–Trinajstić information content (AvgIpc) is 3.24. The van der Waals surface area contributed by atoms with Crippen LogP contribution in [0.15, 0.2) is 17.9 Å². The lowest BCUT2D eigenvalue weighted by Crippen LogP contribution is -2.43. The molecule has 0 bridgehead atoms. The Hall–Kier alpha value is -2.02. The Bertz CT molecular complexity index is 1090. The van der Waals surface area contributed by atoms with Crippen molar-refractivity contribution < 1.29 is 42.2 Å². The Morgan fingerprint density at radius 2 is 1.40 bits per heavy atom. The van der Waals surface area contributed by atoms with Crippen molar-refractivity contribution in [1.82, 2.24) is 4.90 Å². The van der Waals surface area contributed by atoms with Gasteiger partial charge in [0.25, 0.3) is 0 Å². The normalized spacial score (nSPS) is 22.8. The predicted molar refractivity (Wildman–Crippen MR) is 172 cm³/mol. The maximum Gasteiger partial charge on any atom is 0.561 e. The van der Waals surface area contributed by atoms with Crippen molar-refractivity contribution >= 4 is 18.7 Å². The predicted octanol–water partition coefficient (Wildman–Crippen LogP) is 5.23. The standard InChI is InChI=1S/C34H53BFNO8/c1-6-39-17-18-41-21-22-42-20-19-40-16-15-37-13-9-29(10-14-37)43-28-7-11-34(12-8-28)32(45-35(5)36)31(33(38)44-34)30-26(3)23-25(2)24-27(30)4/h23-24,28-29H,6-22H2,1-5H3/t28-,34+. The van der Waals surface area contributed by atoms with Gasteiger partial charge in [-0.3, -0.25) is 4.32 Å². The molecule has 1 saturated heterocycles. The maximum atomic E-state index is 14.3. The van der Waals surface area contributed by atoms with E-state index in [0.717, 1.165) is 67.6 Å². The third-order valence-electron chi connectivity index (χ3n) is 8.87. The van der Waals surface area contributed by atoms with Crippen LogP contribution in [0, 0.1) is 20.8 Å². The van der Waals surface area contributed by atoms with Gasteiger partial charge in [-0.2, -0.15) is 0 Å². The highest BCUT2D eigenvalue weighted by Gasteiger charge is 2.52. The summed E-state index contributed by atoms with van der Waals surface area (Å²) in [5.74, 6) is -0.0805. The molecule has 0 aromatic heterocycles. The number of carbonyl (C=O) groups is 1. The van der Waals surface area contributed by atoms with Crippen molar-refractivity contribution in [3.05, 3.63) is 40.1 Å². The molecule has 4 rings (SSSR count). The highest BCUT2D eigenvalue weighted by molar-refractivity contribution is 6.42. The van der Waals surface area contributed by atoms with Gasteiger partial charge in [0.1, 0.15) is 11.3 Å². The number of hydrogen-bond acceptors (Lipinski definition) is 9. The number of benzene rings is 1. The first-order chi connectivity index (χ1) is 21.7. The van der Waals surface area contributed by atoms with Crippen LogP contribution in [0.3, 0.4) is 0 Å². The first-order valence-corrected chi connectivity index (χ1v) is 16.8. The summed E-state index contributed by atoms with van der Waals surface area (Å²) in [6.45, 7) is 17.0. The molecule has 0 unspecified atom stereocenters. The second-order valence-electron chi connectivity index (χ2n) is 12.4. The van der Waals surface area contributed by atoms with Crippen molar-refractivity contribution in [2.45, 2.75) is 90.9 Å². The van der Waals surface area contributed by atoms with E-state index in [1.165, 1.54) is 6.82 Å². The van der Waals surface area contributed by atoms with Gasteiger partial charge in [-0.05, 0) is 89.7 Å². The number of piperidine rings is 1. The number of ether oxygens (including phenoxy) is 6. The van der Waals surface area contributed by atoms with E-state index in [1.807, 2.05) is 39.8 Å². The summed E-state index contributed by atoms with van der Waals surface area (Å²) in [4.78, 5) is 15.7. The molecule has 1 aromatic rings. The van der Waals surface area contributed by atoms with Crippen LogP contribution >= 0.6 is 0 Å². The van der Waals surface area contributed by atoms with Crippen LogP contribution in [0.4, 0.5) is 4.32 Å². The first kappa shape index (κ1) is 35.8. The van der Waals surface area contributed by atoms with Gasteiger partial charge in [0.15, 0.2) is 5.60 Å². The fourth-order valence-corrected chi connectivity index (χ4v) is 6.78. The van der Waals surface area contributed by atoms with Crippen molar-refractivity contribution in [2.75, 3.05) is 72.5 Å². The van der Waals surface area contributed by atoms with E-state index in [2.05, 4.69) is 4.90 Å². The topological polar surface area (TPSA) is 84.9 Å². The van der Waals surface area contributed by atoms with Gasteiger partial charge < -0.3 is 38.0 Å². The number of rotatable bonds is 18. The Balaban J connectivity index is 1.17. The van der Waals surface area contributed by atoms with Crippen LogP contribution in [0.2, 0.25) is 6.82 Å². The number of halogens is 1. The fourth-order valence-electron chi connectivity index (χ4n) is 6.78. The SMILES string of the molecule is CCOCCOCCOCCOCCN1CCC(O[C@H]2CC[C@]3(CC2)OC(=O)C(c2c(C)cc(C)cc2C)=C3OB(C)F)CC1. The molecular formula is C34H53BFNO8. The highest BCUT2D eigenvalue weighted by atomic mass is 19.1. The van der Waals surface area contributed by atoms with Gasteiger partial charge in [0.05, 0.1) is 58.5 Å². The lowest BCUT2D eigenvalue weighted by atomic mass is 9.79. The van der Waals surface area contributed by atoms with E-state index < -0.39 is 18.8 Å². The summed E-state index contributed by atoms with van der Waals surface area (Å²) in [5.41, 5.74) is 3.25. The van der Waals surface area contributed by atoms with Gasteiger partial charge in [0, 0.05) is 26.2 Å². The minimum atomic E-state index is -1.55. The Morgan fingerprint density at radius 3 is 1.96 bits per heavy atom. The molecule has 45 heavy (non-hydrogen) atoms. The number of esters is 1. The fraction of sp³-hybridized carbons (Fsp3) is 0.735. The van der Waals surface area contributed by atoms with Gasteiger partial charge >= 0.3 is 13.2 Å². The number of aryl methyl sites for hydroxylation is 3. The highest BCUT2D eigenvalue weighted by Crippen LogP contribution is 2.49. The van der Waals surface area contributed by atoms with E-state index in [-0.39, 0.29) is 12.2 Å². The van der Waals surface area contributed by atoms with Crippen LogP contribution < -0.4 is 0 Å². The third-order valence-corrected chi connectivity index (χ3v) is 8.87. The molecule has 2 fully saturated rings. The molecule has 2 aliphatic heterocycles. The minimum absolute atomic E-state index is 0.0835. The van der Waals surface area contributed by atoms with Crippen molar-refractivity contribution in [2.24, 2.45) is 0 Å². The van der Waals surface area contributed by atoms with Gasteiger partial charge in [0.2, 0.25) is 0 Å². The maximum absolute atomic E-state index is 14.3. The number of nitrogens with zero attached hydrogens (tertiary/aromatic N) is 1. The second kappa shape index (κ2) is 17.8. The quantitative estimate of drug-likeness (QED) is 0.123.